The Bertz CT molecular complexity index is 196. The van der Waals surface area contributed by atoms with Crippen LogP contribution in [-0.2, 0) is 4.74 Å². The van der Waals surface area contributed by atoms with Crippen LogP contribution >= 0.6 is 0 Å². The standard InChI is InChI=1S/C9H15F2NO2.C2H6/c1-6(4-7-2-3-7)12-9(13)14-5-8(10)11;1-2/h6-8H,2-5H2,1H3,(H,12,13);1-2H3. The quantitative estimate of drug-likeness (QED) is 0.797. The average Bonchev–Trinajstić information content (AvgIpc) is 3.01. The van der Waals surface area contributed by atoms with E-state index in [1.165, 1.54) is 12.8 Å². The van der Waals surface area contributed by atoms with Gasteiger partial charge in [0.25, 0.3) is 6.43 Å². The van der Waals surface area contributed by atoms with E-state index in [-0.39, 0.29) is 6.04 Å². The molecule has 3 nitrogen and oxygen atoms in total. The van der Waals surface area contributed by atoms with Crippen LogP contribution in [-0.4, -0.2) is 25.2 Å². The van der Waals surface area contributed by atoms with Gasteiger partial charge in [0.15, 0.2) is 6.61 Å². The molecule has 1 saturated carbocycles. The highest BCUT2D eigenvalue weighted by atomic mass is 19.3. The number of hydrogen-bond acceptors (Lipinski definition) is 2. The van der Waals surface area contributed by atoms with Gasteiger partial charge < -0.3 is 10.1 Å². The zero-order valence-electron chi connectivity index (χ0n) is 10.1. The summed E-state index contributed by atoms with van der Waals surface area (Å²) in [4.78, 5) is 10.9. The molecule has 96 valence electrons. The Morgan fingerprint density at radius 3 is 2.44 bits per heavy atom. The maximum atomic E-state index is 11.6. The molecule has 1 unspecified atom stereocenters. The smallest absolute Gasteiger partial charge is 0.407 e. The molecule has 1 atom stereocenters. The summed E-state index contributed by atoms with van der Waals surface area (Å²) < 4.78 is 27.6. The summed E-state index contributed by atoms with van der Waals surface area (Å²) in [7, 11) is 0. The Morgan fingerprint density at radius 2 is 2.00 bits per heavy atom. The fourth-order valence-corrected chi connectivity index (χ4v) is 1.29. The molecule has 0 bridgehead atoms. The molecule has 16 heavy (non-hydrogen) atoms. The number of halogens is 2. The first-order chi connectivity index (χ1) is 7.58. The van der Waals surface area contributed by atoms with Crippen molar-refractivity contribution in [2.45, 2.75) is 52.5 Å². The Balaban J connectivity index is 0.00000106. The molecule has 1 aliphatic rings. The molecule has 0 spiro atoms. The minimum atomic E-state index is -2.60. The summed E-state index contributed by atoms with van der Waals surface area (Å²) in [6.45, 7) is 5.02. The molecule has 0 heterocycles. The normalized spacial score (nSPS) is 16.1. The van der Waals surface area contributed by atoms with Gasteiger partial charge in [0, 0.05) is 6.04 Å². The van der Waals surface area contributed by atoms with Crippen molar-refractivity contribution in [3.63, 3.8) is 0 Å². The number of rotatable bonds is 5. The minimum absolute atomic E-state index is 0.00710. The summed E-state index contributed by atoms with van der Waals surface area (Å²) in [6, 6.07) is 0.00710. The van der Waals surface area contributed by atoms with E-state index >= 15 is 0 Å². The second-order valence-corrected chi connectivity index (χ2v) is 3.71. The van der Waals surface area contributed by atoms with Crippen LogP contribution in [0.2, 0.25) is 0 Å². The SMILES string of the molecule is CC.CC(CC1CC1)NC(=O)OCC(F)F. The summed E-state index contributed by atoms with van der Waals surface area (Å²) in [6.07, 6.45) is -0.0297. The van der Waals surface area contributed by atoms with E-state index in [0.717, 1.165) is 6.42 Å². The average molecular weight is 237 g/mol. The van der Waals surface area contributed by atoms with E-state index in [1.54, 1.807) is 0 Å². The van der Waals surface area contributed by atoms with Gasteiger partial charge in [-0.25, -0.2) is 13.6 Å². The van der Waals surface area contributed by atoms with Crippen LogP contribution < -0.4 is 5.32 Å². The van der Waals surface area contributed by atoms with Crippen molar-refractivity contribution in [3.8, 4) is 0 Å². The third-order valence-electron chi connectivity index (χ3n) is 2.09. The number of hydrogen-bond donors (Lipinski definition) is 1. The van der Waals surface area contributed by atoms with Crippen LogP contribution in [0, 0.1) is 5.92 Å². The van der Waals surface area contributed by atoms with Crippen LogP contribution in [0.5, 0.6) is 0 Å². The fourth-order valence-electron chi connectivity index (χ4n) is 1.29. The van der Waals surface area contributed by atoms with Gasteiger partial charge in [-0.05, 0) is 19.3 Å². The van der Waals surface area contributed by atoms with E-state index in [4.69, 9.17) is 0 Å². The highest BCUT2D eigenvalue weighted by Crippen LogP contribution is 2.33. The maximum Gasteiger partial charge on any atom is 0.407 e. The third kappa shape index (κ3) is 8.44. The van der Waals surface area contributed by atoms with Crippen LogP contribution in [0.3, 0.4) is 0 Å². The topological polar surface area (TPSA) is 38.3 Å². The molecule has 1 N–H and O–H groups in total. The predicted molar refractivity (Wildman–Crippen MR) is 58.6 cm³/mol. The molecular formula is C11H21F2NO2. The van der Waals surface area contributed by atoms with Gasteiger partial charge >= 0.3 is 6.09 Å². The number of amides is 1. The number of carbonyl (C=O) groups is 1. The zero-order chi connectivity index (χ0) is 12.6. The van der Waals surface area contributed by atoms with Crippen molar-refractivity contribution in [1.29, 1.82) is 0 Å². The van der Waals surface area contributed by atoms with Gasteiger partial charge in [-0.15, -0.1) is 0 Å². The van der Waals surface area contributed by atoms with E-state index in [1.807, 2.05) is 20.8 Å². The first-order valence-corrected chi connectivity index (χ1v) is 5.79. The second-order valence-electron chi connectivity index (χ2n) is 3.71. The lowest BCUT2D eigenvalue weighted by molar-refractivity contribution is 0.0476. The lowest BCUT2D eigenvalue weighted by Gasteiger charge is -2.13. The van der Waals surface area contributed by atoms with Gasteiger partial charge in [-0.1, -0.05) is 26.7 Å². The summed E-state index contributed by atoms with van der Waals surface area (Å²) >= 11 is 0. The lowest BCUT2D eigenvalue weighted by atomic mass is 10.2. The van der Waals surface area contributed by atoms with Crippen LogP contribution in [0.25, 0.3) is 0 Å². The molecule has 0 radical (unpaired) electrons. The number of carbonyl (C=O) groups excluding carboxylic acids is 1. The Kier molecular flexibility index (Phi) is 7.85. The highest BCUT2D eigenvalue weighted by molar-refractivity contribution is 5.67. The Hall–Kier alpha value is -0.870. The minimum Gasteiger partial charge on any atom is -0.443 e. The van der Waals surface area contributed by atoms with Crippen LogP contribution in [0.4, 0.5) is 13.6 Å². The number of alkyl halides is 2. The predicted octanol–water partition coefficient (Wildman–Crippen LogP) is 3.19. The van der Waals surface area contributed by atoms with Crippen molar-refractivity contribution in [2.24, 2.45) is 5.92 Å². The van der Waals surface area contributed by atoms with Gasteiger partial charge in [0.05, 0.1) is 0 Å². The summed E-state index contributed by atoms with van der Waals surface area (Å²) in [5.41, 5.74) is 0. The number of nitrogens with one attached hydrogen (secondary N) is 1. The Labute approximate surface area is 95.5 Å². The van der Waals surface area contributed by atoms with Crippen molar-refractivity contribution >= 4 is 6.09 Å². The van der Waals surface area contributed by atoms with Crippen molar-refractivity contribution in [1.82, 2.24) is 5.32 Å². The van der Waals surface area contributed by atoms with Gasteiger partial charge in [0.2, 0.25) is 0 Å². The highest BCUT2D eigenvalue weighted by Gasteiger charge is 2.24. The van der Waals surface area contributed by atoms with Gasteiger partial charge in [-0.2, -0.15) is 0 Å². The molecule has 1 amide bonds. The first kappa shape index (κ1) is 15.1. The maximum absolute atomic E-state index is 11.6. The molecule has 0 aromatic rings. The molecule has 0 saturated heterocycles. The summed E-state index contributed by atoms with van der Waals surface area (Å²) in [5.74, 6) is 0.695. The molecule has 1 aliphatic carbocycles. The molecule has 0 aromatic heterocycles. The third-order valence-corrected chi connectivity index (χ3v) is 2.09. The molecule has 5 heteroatoms. The molecular weight excluding hydrogens is 216 g/mol. The van der Waals surface area contributed by atoms with Gasteiger partial charge in [0.1, 0.15) is 0 Å². The Morgan fingerprint density at radius 1 is 1.44 bits per heavy atom. The van der Waals surface area contributed by atoms with Crippen LogP contribution in [0.15, 0.2) is 0 Å². The van der Waals surface area contributed by atoms with E-state index in [0.29, 0.717) is 5.92 Å². The van der Waals surface area contributed by atoms with Crippen molar-refractivity contribution < 1.29 is 18.3 Å². The van der Waals surface area contributed by atoms with Crippen LogP contribution in [0.1, 0.15) is 40.0 Å². The number of ether oxygens (including phenoxy) is 1. The fraction of sp³-hybridized carbons (Fsp3) is 0.909. The van der Waals surface area contributed by atoms with Crippen molar-refractivity contribution in [2.75, 3.05) is 6.61 Å². The monoisotopic (exact) mass is 237 g/mol. The zero-order valence-corrected chi connectivity index (χ0v) is 10.1. The number of alkyl carbamates (subject to hydrolysis) is 1. The molecule has 1 rings (SSSR count). The van der Waals surface area contributed by atoms with Gasteiger partial charge in [-0.3, -0.25) is 0 Å². The van der Waals surface area contributed by atoms with E-state index in [2.05, 4.69) is 10.1 Å². The molecule has 0 aliphatic heterocycles. The summed E-state index contributed by atoms with van der Waals surface area (Å²) in [5, 5.41) is 2.51. The van der Waals surface area contributed by atoms with Crippen molar-refractivity contribution in [3.05, 3.63) is 0 Å². The second kappa shape index (κ2) is 8.30. The molecule has 1 fully saturated rings. The van der Waals surface area contributed by atoms with E-state index in [9.17, 15) is 13.6 Å². The largest absolute Gasteiger partial charge is 0.443 e. The first-order valence-electron chi connectivity index (χ1n) is 5.79. The lowest BCUT2D eigenvalue weighted by Crippen LogP contribution is -2.34. The molecule has 0 aromatic carbocycles. The van der Waals surface area contributed by atoms with E-state index < -0.39 is 19.1 Å².